The molecule has 0 bridgehead atoms. The predicted molar refractivity (Wildman–Crippen MR) is 104 cm³/mol. The van der Waals surface area contributed by atoms with Crippen LogP contribution in [0.5, 0.6) is 0 Å². The van der Waals surface area contributed by atoms with Gasteiger partial charge in [-0.25, -0.2) is 14.8 Å². The number of rotatable bonds is 5. The van der Waals surface area contributed by atoms with Crippen LogP contribution in [-0.4, -0.2) is 65.6 Å². The molecule has 28 heavy (non-hydrogen) atoms. The topological polar surface area (TPSA) is 101 Å². The van der Waals surface area contributed by atoms with E-state index in [4.69, 9.17) is 14.7 Å². The molecule has 0 spiro atoms. The summed E-state index contributed by atoms with van der Waals surface area (Å²) in [5.41, 5.74) is 2.65. The number of pyridine rings is 1. The number of carbonyl (C=O) groups is 2. The van der Waals surface area contributed by atoms with Crippen molar-refractivity contribution in [3.05, 3.63) is 35.8 Å². The first-order valence-electron chi connectivity index (χ1n) is 9.15. The van der Waals surface area contributed by atoms with Gasteiger partial charge in [-0.15, -0.1) is 0 Å². The predicted octanol–water partition coefficient (Wildman–Crippen LogP) is 1.24. The minimum atomic E-state index is -0.454. The molecule has 1 N–H and O–H groups in total. The summed E-state index contributed by atoms with van der Waals surface area (Å²) < 4.78 is 4.84. The fraction of sp³-hybridized carbons (Fsp3) is 0.421. The molecule has 0 unspecified atom stereocenters. The molecule has 0 atom stereocenters. The molecule has 9 nitrogen and oxygen atoms in total. The Morgan fingerprint density at radius 3 is 2.82 bits per heavy atom. The van der Waals surface area contributed by atoms with Crippen LogP contribution in [0.3, 0.4) is 0 Å². The molecule has 148 valence electrons. The summed E-state index contributed by atoms with van der Waals surface area (Å²) >= 11 is 0. The second-order valence-electron chi connectivity index (χ2n) is 6.57. The van der Waals surface area contributed by atoms with Crippen molar-refractivity contribution in [3.63, 3.8) is 0 Å². The Morgan fingerprint density at radius 1 is 1.32 bits per heavy atom. The lowest BCUT2D eigenvalue weighted by Gasteiger charge is -2.30. The number of hydrogen-bond donors (Lipinski definition) is 1. The monoisotopic (exact) mass is 384 g/mol. The van der Waals surface area contributed by atoms with E-state index in [1.54, 1.807) is 24.2 Å². The first kappa shape index (κ1) is 19.5. The second-order valence-corrected chi connectivity index (χ2v) is 6.57. The van der Waals surface area contributed by atoms with E-state index in [1.807, 2.05) is 31.1 Å². The number of anilines is 1. The van der Waals surface area contributed by atoms with Gasteiger partial charge < -0.3 is 19.9 Å². The van der Waals surface area contributed by atoms with Crippen molar-refractivity contribution < 1.29 is 14.3 Å². The lowest BCUT2D eigenvalue weighted by Crippen LogP contribution is -2.45. The van der Waals surface area contributed by atoms with Crippen LogP contribution in [0.1, 0.15) is 18.2 Å². The number of amides is 2. The Bertz CT molecular complexity index is 856. The summed E-state index contributed by atoms with van der Waals surface area (Å²) in [6.45, 7) is 2.73. The SMILES string of the molecule is CCOC(=O)CNC(=O)N1CCc2c(nc(-c3cccnc3)nc2N(C)C)C1. The van der Waals surface area contributed by atoms with Crippen LogP contribution in [0.4, 0.5) is 10.6 Å². The van der Waals surface area contributed by atoms with Gasteiger partial charge in [0.1, 0.15) is 12.4 Å². The van der Waals surface area contributed by atoms with E-state index in [0.717, 1.165) is 22.6 Å². The van der Waals surface area contributed by atoms with Crippen molar-refractivity contribution in [1.29, 1.82) is 0 Å². The number of urea groups is 1. The van der Waals surface area contributed by atoms with Crippen molar-refractivity contribution >= 4 is 17.8 Å². The second kappa shape index (κ2) is 8.64. The molecule has 0 saturated carbocycles. The van der Waals surface area contributed by atoms with Crippen molar-refractivity contribution in [1.82, 2.24) is 25.2 Å². The Kier molecular flexibility index (Phi) is 6.03. The van der Waals surface area contributed by atoms with Crippen LogP contribution in [-0.2, 0) is 22.5 Å². The zero-order chi connectivity index (χ0) is 20.1. The van der Waals surface area contributed by atoms with Gasteiger partial charge in [0.05, 0.1) is 18.8 Å². The highest BCUT2D eigenvalue weighted by Gasteiger charge is 2.26. The average molecular weight is 384 g/mol. The molecule has 2 amide bonds. The van der Waals surface area contributed by atoms with Gasteiger partial charge in [0.15, 0.2) is 5.82 Å². The van der Waals surface area contributed by atoms with Crippen LogP contribution < -0.4 is 10.2 Å². The van der Waals surface area contributed by atoms with Gasteiger partial charge in [-0.2, -0.15) is 0 Å². The van der Waals surface area contributed by atoms with Crippen molar-refractivity contribution in [2.75, 3.05) is 38.7 Å². The highest BCUT2D eigenvalue weighted by molar-refractivity contribution is 5.81. The molecule has 0 aromatic carbocycles. The van der Waals surface area contributed by atoms with E-state index in [9.17, 15) is 9.59 Å². The molecule has 0 saturated heterocycles. The van der Waals surface area contributed by atoms with E-state index in [1.165, 1.54) is 0 Å². The molecule has 1 aliphatic heterocycles. The van der Waals surface area contributed by atoms with Gasteiger partial charge in [-0.05, 0) is 25.5 Å². The number of esters is 1. The van der Waals surface area contributed by atoms with Crippen LogP contribution in [0.15, 0.2) is 24.5 Å². The molecule has 1 aliphatic rings. The van der Waals surface area contributed by atoms with Crippen LogP contribution >= 0.6 is 0 Å². The third-order valence-corrected chi connectivity index (χ3v) is 4.36. The lowest BCUT2D eigenvalue weighted by atomic mass is 10.0. The van der Waals surface area contributed by atoms with Gasteiger partial charge >= 0.3 is 12.0 Å². The molecule has 9 heteroatoms. The minimum absolute atomic E-state index is 0.149. The summed E-state index contributed by atoms with van der Waals surface area (Å²) in [5, 5.41) is 2.60. The van der Waals surface area contributed by atoms with Crippen LogP contribution in [0.25, 0.3) is 11.4 Å². The first-order chi connectivity index (χ1) is 13.5. The largest absolute Gasteiger partial charge is 0.465 e. The van der Waals surface area contributed by atoms with Crippen molar-refractivity contribution in [3.8, 4) is 11.4 Å². The fourth-order valence-electron chi connectivity index (χ4n) is 3.05. The van der Waals surface area contributed by atoms with E-state index < -0.39 is 5.97 Å². The summed E-state index contributed by atoms with van der Waals surface area (Å²) in [6.07, 6.45) is 4.06. The van der Waals surface area contributed by atoms with Gasteiger partial charge in [-0.3, -0.25) is 9.78 Å². The summed E-state index contributed by atoms with van der Waals surface area (Å²) in [6, 6.07) is 3.43. The first-order valence-corrected chi connectivity index (χ1v) is 9.15. The molecular weight excluding hydrogens is 360 g/mol. The van der Waals surface area contributed by atoms with Crippen molar-refractivity contribution in [2.24, 2.45) is 0 Å². The maximum atomic E-state index is 12.4. The number of hydrogen-bond acceptors (Lipinski definition) is 7. The van der Waals surface area contributed by atoms with Gasteiger partial charge in [0.2, 0.25) is 0 Å². The highest BCUT2D eigenvalue weighted by Crippen LogP contribution is 2.28. The number of aromatic nitrogens is 3. The number of fused-ring (bicyclic) bond motifs is 1. The fourth-order valence-corrected chi connectivity index (χ4v) is 3.05. The van der Waals surface area contributed by atoms with Crippen molar-refractivity contribution in [2.45, 2.75) is 19.9 Å². The van der Waals surface area contributed by atoms with Crippen LogP contribution in [0.2, 0.25) is 0 Å². The van der Waals surface area contributed by atoms with Gasteiger partial charge in [0, 0.05) is 44.2 Å². The summed E-state index contributed by atoms with van der Waals surface area (Å²) in [7, 11) is 3.88. The normalized spacial score (nSPS) is 12.9. The standard InChI is InChI=1S/C19H24N6O3/c1-4-28-16(26)11-21-19(27)25-9-7-14-15(12-25)22-17(23-18(14)24(2)3)13-6-5-8-20-10-13/h5-6,8,10H,4,7,9,11-12H2,1-3H3,(H,21,27). The zero-order valence-electron chi connectivity index (χ0n) is 16.3. The number of nitrogens with zero attached hydrogens (tertiary/aromatic N) is 5. The van der Waals surface area contributed by atoms with Gasteiger partial charge in [-0.1, -0.05) is 0 Å². The van der Waals surface area contributed by atoms with E-state index in [-0.39, 0.29) is 19.2 Å². The zero-order valence-corrected chi connectivity index (χ0v) is 16.3. The average Bonchev–Trinajstić information content (AvgIpc) is 2.71. The van der Waals surface area contributed by atoms with E-state index in [2.05, 4.69) is 10.3 Å². The smallest absolute Gasteiger partial charge is 0.325 e. The van der Waals surface area contributed by atoms with E-state index in [0.29, 0.717) is 25.3 Å². The number of nitrogens with one attached hydrogen (secondary N) is 1. The molecule has 2 aromatic heterocycles. The molecule has 2 aromatic rings. The van der Waals surface area contributed by atoms with Gasteiger partial charge in [0.25, 0.3) is 0 Å². The third-order valence-electron chi connectivity index (χ3n) is 4.36. The van der Waals surface area contributed by atoms with Crippen LogP contribution in [0, 0.1) is 0 Å². The Labute approximate surface area is 163 Å². The van der Waals surface area contributed by atoms with E-state index >= 15 is 0 Å². The quantitative estimate of drug-likeness (QED) is 0.774. The number of carbonyl (C=O) groups excluding carboxylic acids is 2. The molecule has 0 radical (unpaired) electrons. The summed E-state index contributed by atoms with van der Waals surface area (Å²) in [4.78, 5) is 41.0. The lowest BCUT2D eigenvalue weighted by molar-refractivity contribution is -0.141. The Balaban J connectivity index is 1.82. The molecule has 3 rings (SSSR count). The maximum absolute atomic E-state index is 12.4. The molecule has 0 aliphatic carbocycles. The Hall–Kier alpha value is -3.23. The Morgan fingerprint density at radius 2 is 2.14 bits per heavy atom. The molecule has 0 fully saturated rings. The molecular formula is C19H24N6O3. The highest BCUT2D eigenvalue weighted by atomic mass is 16.5. The minimum Gasteiger partial charge on any atom is -0.465 e. The molecule has 3 heterocycles. The summed E-state index contributed by atoms with van der Waals surface area (Å²) in [5.74, 6) is 0.962. The third kappa shape index (κ3) is 4.36. The number of ether oxygens (including phenoxy) is 1. The maximum Gasteiger partial charge on any atom is 0.325 e.